The molecule has 2 rings (SSSR count). The molecule has 1 fully saturated rings. The summed E-state index contributed by atoms with van der Waals surface area (Å²) in [4.78, 5) is 1.11. The van der Waals surface area contributed by atoms with Crippen LogP contribution in [0.15, 0.2) is 16.3 Å². The maximum Gasteiger partial charge on any atom is 0.252 e. The maximum atomic E-state index is 12.7. The summed E-state index contributed by atoms with van der Waals surface area (Å²) in [6.45, 7) is 5.16. The van der Waals surface area contributed by atoms with Gasteiger partial charge >= 0.3 is 0 Å². The molecule has 120 valence electrons. The van der Waals surface area contributed by atoms with Crippen molar-refractivity contribution in [2.45, 2.75) is 36.4 Å². The molecule has 1 aromatic heterocycles. The van der Waals surface area contributed by atoms with Gasteiger partial charge in [0.15, 0.2) is 0 Å². The molecular weight excluding hydrogens is 308 g/mol. The highest BCUT2D eigenvalue weighted by molar-refractivity contribution is 7.91. The maximum absolute atomic E-state index is 12.7. The van der Waals surface area contributed by atoms with Gasteiger partial charge in [-0.2, -0.15) is 4.31 Å². The Balaban J connectivity index is 2.04. The Bertz CT molecular complexity index is 536. The van der Waals surface area contributed by atoms with Crippen molar-refractivity contribution < 1.29 is 13.2 Å². The molecular formula is C14H24N2O3S2. The highest BCUT2D eigenvalue weighted by Crippen LogP contribution is 2.27. The zero-order valence-electron chi connectivity index (χ0n) is 12.7. The van der Waals surface area contributed by atoms with Crippen LogP contribution in [0.3, 0.4) is 0 Å². The molecule has 0 saturated carbocycles. The normalized spacial score (nSPS) is 17.5. The van der Waals surface area contributed by atoms with E-state index < -0.39 is 10.0 Å². The number of sulfonamides is 1. The fourth-order valence-corrected chi connectivity index (χ4v) is 5.36. The Morgan fingerprint density at radius 1 is 1.38 bits per heavy atom. The fourth-order valence-electron chi connectivity index (χ4n) is 2.41. The minimum atomic E-state index is -3.37. The van der Waals surface area contributed by atoms with Crippen LogP contribution in [0, 0.1) is 0 Å². The third-order valence-corrected chi connectivity index (χ3v) is 7.30. The number of thiophene rings is 1. The zero-order chi connectivity index (χ0) is 15.3. The summed E-state index contributed by atoms with van der Waals surface area (Å²) in [5.41, 5.74) is 0. The van der Waals surface area contributed by atoms with Crippen LogP contribution in [0.5, 0.6) is 0 Å². The van der Waals surface area contributed by atoms with Gasteiger partial charge in [0.1, 0.15) is 4.21 Å². The quantitative estimate of drug-likeness (QED) is 0.772. The monoisotopic (exact) mass is 332 g/mol. The number of nitrogens with one attached hydrogen (secondary N) is 1. The molecule has 1 aliphatic rings. The molecule has 2 heterocycles. The summed E-state index contributed by atoms with van der Waals surface area (Å²) in [5.74, 6) is 0. The summed E-state index contributed by atoms with van der Waals surface area (Å²) < 4.78 is 32.6. The molecule has 7 heteroatoms. The first-order valence-electron chi connectivity index (χ1n) is 7.41. The average molecular weight is 332 g/mol. The third-order valence-electron chi connectivity index (χ3n) is 3.77. The lowest BCUT2D eigenvalue weighted by atomic mass is 10.1. The molecule has 0 spiro atoms. The lowest BCUT2D eigenvalue weighted by Crippen LogP contribution is -2.40. The fraction of sp³-hybridized carbons (Fsp3) is 0.714. The number of ether oxygens (including phenoxy) is 1. The molecule has 21 heavy (non-hydrogen) atoms. The number of nitrogens with zero attached hydrogens (tertiary/aromatic N) is 1. The molecule has 0 aliphatic carbocycles. The van der Waals surface area contributed by atoms with Gasteiger partial charge in [-0.15, -0.1) is 11.3 Å². The van der Waals surface area contributed by atoms with Crippen LogP contribution in [0.25, 0.3) is 0 Å². The van der Waals surface area contributed by atoms with Gasteiger partial charge in [0, 0.05) is 31.2 Å². The van der Waals surface area contributed by atoms with E-state index in [0.29, 0.717) is 17.4 Å². The van der Waals surface area contributed by atoms with Gasteiger partial charge < -0.3 is 10.1 Å². The second-order valence-corrected chi connectivity index (χ2v) is 8.58. The molecule has 0 amide bonds. The number of hydrogen-bond donors (Lipinski definition) is 1. The van der Waals surface area contributed by atoms with Crippen molar-refractivity contribution in [3.8, 4) is 0 Å². The molecule has 5 nitrogen and oxygen atoms in total. The molecule has 1 aromatic rings. The second kappa shape index (κ2) is 7.69. The van der Waals surface area contributed by atoms with Crippen molar-refractivity contribution in [3.05, 3.63) is 17.0 Å². The standard InChI is InChI=1S/C14H24N2O3S2/c1-3-15-9-6-13-4-5-14(20-13)21(17,18)16(2)12-7-10-19-11-8-12/h4-5,12,15H,3,6-11H2,1-2H3. The SMILES string of the molecule is CCNCCc1ccc(S(=O)(=O)N(C)C2CCOCC2)s1. The average Bonchev–Trinajstić information content (AvgIpc) is 2.97. The molecule has 1 N–H and O–H groups in total. The highest BCUT2D eigenvalue weighted by atomic mass is 32.2. The lowest BCUT2D eigenvalue weighted by molar-refractivity contribution is 0.0632. The van der Waals surface area contributed by atoms with Gasteiger partial charge in [-0.1, -0.05) is 6.92 Å². The number of rotatable bonds is 7. The van der Waals surface area contributed by atoms with Gasteiger partial charge in [0.25, 0.3) is 10.0 Å². The Labute approximate surface area is 131 Å². The largest absolute Gasteiger partial charge is 0.381 e. The Morgan fingerprint density at radius 3 is 2.76 bits per heavy atom. The van der Waals surface area contributed by atoms with Crippen molar-refractivity contribution >= 4 is 21.4 Å². The molecule has 0 bridgehead atoms. The first-order valence-corrected chi connectivity index (χ1v) is 9.66. The summed E-state index contributed by atoms with van der Waals surface area (Å²) in [6, 6.07) is 3.71. The third kappa shape index (κ3) is 4.26. The van der Waals surface area contributed by atoms with E-state index in [1.54, 1.807) is 13.1 Å². The van der Waals surface area contributed by atoms with E-state index >= 15 is 0 Å². The molecule has 0 radical (unpaired) electrons. The van der Waals surface area contributed by atoms with Gasteiger partial charge in [0.2, 0.25) is 0 Å². The van der Waals surface area contributed by atoms with Crippen molar-refractivity contribution in [1.29, 1.82) is 0 Å². The number of likely N-dealkylation sites (N-methyl/N-ethyl adjacent to an activating group) is 1. The van der Waals surface area contributed by atoms with Gasteiger partial charge in [-0.05, 0) is 44.5 Å². The summed E-state index contributed by atoms with van der Waals surface area (Å²) in [7, 11) is -1.69. The van der Waals surface area contributed by atoms with Crippen LogP contribution in [-0.2, 0) is 21.2 Å². The van der Waals surface area contributed by atoms with E-state index in [1.165, 1.54) is 15.6 Å². The molecule has 1 aliphatic heterocycles. The first-order chi connectivity index (χ1) is 10.1. The predicted octanol–water partition coefficient (Wildman–Crippen LogP) is 1.70. The van der Waals surface area contributed by atoms with Gasteiger partial charge in [-0.3, -0.25) is 0 Å². The molecule has 1 saturated heterocycles. The van der Waals surface area contributed by atoms with Crippen LogP contribution in [-0.4, -0.2) is 52.1 Å². The predicted molar refractivity (Wildman–Crippen MR) is 85.4 cm³/mol. The summed E-state index contributed by atoms with van der Waals surface area (Å²) in [6.07, 6.45) is 2.41. The van der Waals surface area contributed by atoms with Crippen molar-refractivity contribution in [1.82, 2.24) is 9.62 Å². The van der Waals surface area contributed by atoms with Crippen molar-refractivity contribution in [2.75, 3.05) is 33.4 Å². The van der Waals surface area contributed by atoms with Crippen LogP contribution in [0.1, 0.15) is 24.6 Å². The van der Waals surface area contributed by atoms with E-state index in [-0.39, 0.29) is 6.04 Å². The Kier molecular flexibility index (Phi) is 6.19. The van der Waals surface area contributed by atoms with E-state index in [1.807, 2.05) is 6.07 Å². The topological polar surface area (TPSA) is 58.6 Å². The van der Waals surface area contributed by atoms with Crippen molar-refractivity contribution in [2.24, 2.45) is 0 Å². The lowest BCUT2D eigenvalue weighted by Gasteiger charge is -2.29. The highest BCUT2D eigenvalue weighted by Gasteiger charge is 2.30. The van der Waals surface area contributed by atoms with E-state index in [0.717, 1.165) is 37.2 Å². The smallest absolute Gasteiger partial charge is 0.252 e. The first kappa shape index (κ1) is 16.9. The Morgan fingerprint density at radius 2 is 2.10 bits per heavy atom. The van der Waals surface area contributed by atoms with E-state index in [4.69, 9.17) is 4.74 Å². The summed E-state index contributed by atoms with van der Waals surface area (Å²) in [5, 5.41) is 3.25. The second-order valence-electron chi connectivity index (χ2n) is 5.19. The minimum absolute atomic E-state index is 0.0519. The zero-order valence-corrected chi connectivity index (χ0v) is 14.3. The Hall–Kier alpha value is -0.470. The van der Waals surface area contributed by atoms with Gasteiger partial charge in [0.05, 0.1) is 0 Å². The van der Waals surface area contributed by atoms with Gasteiger partial charge in [-0.25, -0.2) is 8.42 Å². The van der Waals surface area contributed by atoms with E-state index in [2.05, 4.69) is 12.2 Å². The van der Waals surface area contributed by atoms with Crippen LogP contribution in [0.4, 0.5) is 0 Å². The molecule has 0 atom stereocenters. The van der Waals surface area contributed by atoms with Crippen LogP contribution >= 0.6 is 11.3 Å². The molecule has 0 unspecified atom stereocenters. The van der Waals surface area contributed by atoms with E-state index in [9.17, 15) is 8.42 Å². The minimum Gasteiger partial charge on any atom is -0.381 e. The van der Waals surface area contributed by atoms with Crippen LogP contribution < -0.4 is 5.32 Å². The summed E-state index contributed by atoms with van der Waals surface area (Å²) >= 11 is 1.38. The van der Waals surface area contributed by atoms with Crippen LogP contribution in [0.2, 0.25) is 0 Å². The van der Waals surface area contributed by atoms with Crippen molar-refractivity contribution in [3.63, 3.8) is 0 Å². The molecule has 0 aromatic carbocycles. The number of hydrogen-bond acceptors (Lipinski definition) is 5.